The van der Waals surface area contributed by atoms with Gasteiger partial charge in [0, 0.05) is 25.2 Å². The van der Waals surface area contributed by atoms with E-state index in [0.717, 1.165) is 45.7 Å². The van der Waals surface area contributed by atoms with Gasteiger partial charge in [-0.3, -0.25) is 4.90 Å². The minimum absolute atomic E-state index is 0.0580. The van der Waals surface area contributed by atoms with Crippen LogP contribution in [0.2, 0.25) is 0 Å². The zero-order chi connectivity index (χ0) is 11.5. The highest BCUT2D eigenvalue weighted by atomic mass is 16.5. The molecule has 4 heteroatoms. The number of rotatable bonds is 4. The first kappa shape index (κ1) is 12.3. The smallest absolute Gasteiger partial charge is 0.0634 e. The third kappa shape index (κ3) is 2.74. The van der Waals surface area contributed by atoms with E-state index in [4.69, 9.17) is 4.74 Å². The number of likely N-dealkylation sites (N-methyl/N-ethyl adjacent to an activating group) is 2. The summed E-state index contributed by atoms with van der Waals surface area (Å²) < 4.78 is 5.55. The van der Waals surface area contributed by atoms with Gasteiger partial charge < -0.3 is 14.7 Å². The van der Waals surface area contributed by atoms with E-state index in [0.29, 0.717) is 12.1 Å². The van der Waals surface area contributed by atoms with Crippen LogP contribution in [0.15, 0.2) is 0 Å². The Morgan fingerprint density at radius 1 is 1.44 bits per heavy atom. The molecule has 1 atom stereocenters. The fraction of sp³-hybridized carbons (Fsp3) is 1.00. The molecule has 0 aromatic rings. The van der Waals surface area contributed by atoms with Gasteiger partial charge >= 0.3 is 0 Å². The highest BCUT2D eigenvalue weighted by Gasteiger charge is 2.32. The molecule has 0 bridgehead atoms. The van der Waals surface area contributed by atoms with E-state index in [-0.39, 0.29) is 6.10 Å². The molecule has 1 heterocycles. The van der Waals surface area contributed by atoms with Crippen LogP contribution in [0.1, 0.15) is 19.8 Å². The number of nitrogens with zero attached hydrogens (tertiary/aromatic N) is 2. The molecule has 1 aliphatic heterocycles. The van der Waals surface area contributed by atoms with Gasteiger partial charge in [-0.2, -0.15) is 0 Å². The molecule has 2 aliphatic rings. The number of hydrogen-bond donors (Lipinski definition) is 1. The van der Waals surface area contributed by atoms with Gasteiger partial charge in [-0.15, -0.1) is 0 Å². The molecule has 1 aliphatic carbocycles. The third-order valence-corrected chi connectivity index (χ3v) is 3.97. The Balaban J connectivity index is 1.78. The van der Waals surface area contributed by atoms with Crippen molar-refractivity contribution in [1.82, 2.24) is 9.80 Å². The molecule has 16 heavy (non-hydrogen) atoms. The molecule has 0 aromatic carbocycles. The average molecular weight is 228 g/mol. The molecule has 94 valence electrons. The van der Waals surface area contributed by atoms with E-state index in [1.54, 1.807) is 0 Å². The predicted octanol–water partition coefficient (Wildman–Crippen LogP) is 0.162. The van der Waals surface area contributed by atoms with Crippen molar-refractivity contribution >= 4 is 0 Å². The second kappa shape index (κ2) is 5.45. The Bertz CT molecular complexity index is 219. The van der Waals surface area contributed by atoms with Gasteiger partial charge in [0.05, 0.1) is 19.3 Å². The summed E-state index contributed by atoms with van der Waals surface area (Å²) >= 11 is 0. The van der Waals surface area contributed by atoms with Crippen LogP contribution in [0.3, 0.4) is 0 Å². The standard InChI is InChI=1S/C12H24N2O2/c1-3-14-4-5-16-9-11(14)8-13(2)10-6-12(15)7-10/h10-12,15H,3-9H2,1-2H3/t10?,11-,12?/m0/s1. The maximum absolute atomic E-state index is 9.31. The lowest BCUT2D eigenvalue weighted by Gasteiger charge is -2.43. The summed E-state index contributed by atoms with van der Waals surface area (Å²) in [6.45, 7) is 7.16. The molecule has 1 saturated heterocycles. The van der Waals surface area contributed by atoms with E-state index < -0.39 is 0 Å². The third-order valence-electron chi connectivity index (χ3n) is 3.97. The van der Waals surface area contributed by atoms with Crippen LogP contribution in [-0.2, 0) is 4.74 Å². The largest absolute Gasteiger partial charge is 0.393 e. The van der Waals surface area contributed by atoms with Crippen molar-refractivity contribution < 1.29 is 9.84 Å². The van der Waals surface area contributed by atoms with Crippen molar-refractivity contribution in [3.05, 3.63) is 0 Å². The topological polar surface area (TPSA) is 35.9 Å². The first-order valence-corrected chi connectivity index (χ1v) is 6.40. The minimum atomic E-state index is -0.0580. The maximum atomic E-state index is 9.31. The van der Waals surface area contributed by atoms with Crippen molar-refractivity contribution in [2.45, 2.75) is 38.0 Å². The first-order valence-electron chi connectivity index (χ1n) is 6.40. The van der Waals surface area contributed by atoms with E-state index >= 15 is 0 Å². The lowest BCUT2D eigenvalue weighted by atomic mass is 9.88. The minimum Gasteiger partial charge on any atom is -0.393 e. The monoisotopic (exact) mass is 228 g/mol. The molecule has 2 rings (SSSR count). The molecular formula is C12H24N2O2. The van der Waals surface area contributed by atoms with Gasteiger partial charge in [0.25, 0.3) is 0 Å². The molecule has 0 unspecified atom stereocenters. The summed E-state index contributed by atoms with van der Waals surface area (Å²) in [5.41, 5.74) is 0. The number of morpholine rings is 1. The van der Waals surface area contributed by atoms with Crippen molar-refractivity contribution in [1.29, 1.82) is 0 Å². The molecule has 0 amide bonds. The van der Waals surface area contributed by atoms with Crippen LogP contribution in [0, 0.1) is 0 Å². The van der Waals surface area contributed by atoms with Gasteiger partial charge in [0.15, 0.2) is 0 Å². The lowest BCUT2D eigenvalue weighted by molar-refractivity contribution is -0.0384. The number of ether oxygens (including phenoxy) is 1. The summed E-state index contributed by atoms with van der Waals surface area (Å²) in [5, 5.41) is 9.31. The highest BCUT2D eigenvalue weighted by Crippen LogP contribution is 2.25. The summed E-state index contributed by atoms with van der Waals surface area (Å²) in [4.78, 5) is 4.88. The predicted molar refractivity (Wildman–Crippen MR) is 63.5 cm³/mol. The van der Waals surface area contributed by atoms with E-state index in [9.17, 15) is 5.11 Å². The van der Waals surface area contributed by atoms with Gasteiger partial charge in [0.2, 0.25) is 0 Å². The van der Waals surface area contributed by atoms with Gasteiger partial charge in [-0.25, -0.2) is 0 Å². The van der Waals surface area contributed by atoms with Gasteiger partial charge in [0.1, 0.15) is 0 Å². The van der Waals surface area contributed by atoms with Crippen molar-refractivity contribution in [3.63, 3.8) is 0 Å². The van der Waals surface area contributed by atoms with Crippen LogP contribution in [0.4, 0.5) is 0 Å². The SMILES string of the molecule is CCN1CCOC[C@@H]1CN(C)C1CC(O)C1. The van der Waals surface area contributed by atoms with Gasteiger partial charge in [-0.1, -0.05) is 6.92 Å². The lowest BCUT2D eigenvalue weighted by Crippen LogP contribution is -2.54. The molecule has 4 nitrogen and oxygen atoms in total. The fourth-order valence-corrected chi connectivity index (χ4v) is 2.67. The Kier molecular flexibility index (Phi) is 4.19. The van der Waals surface area contributed by atoms with Crippen molar-refractivity contribution in [2.24, 2.45) is 0 Å². The summed E-state index contributed by atoms with van der Waals surface area (Å²) in [6.07, 6.45) is 1.82. The normalized spacial score (nSPS) is 36.4. The van der Waals surface area contributed by atoms with Crippen LogP contribution in [-0.4, -0.2) is 73.0 Å². The first-order chi connectivity index (χ1) is 7.70. The van der Waals surface area contributed by atoms with Crippen LogP contribution in [0.5, 0.6) is 0 Å². The van der Waals surface area contributed by atoms with Crippen molar-refractivity contribution in [2.75, 3.05) is 39.9 Å². The Morgan fingerprint density at radius 3 is 2.81 bits per heavy atom. The zero-order valence-corrected chi connectivity index (χ0v) is 10.4. The molecule has 0 radical (unpaired) electrons. The summed E-state index contributed by atoms with van der Waals surface area (Å²) in [5.74, 6) is 0. The number of aliphatic hydroxyl groups is 1. The van der Waals surface area contributed by atoms with Crippen LogP contribution in [0.25, 0.3) is 0 Å². The zero-order valence-electron chi connectivity index (χ0n) is 10.4. The average Bonchev–Trinajstić information content (AvgIpc) is 2.25. The quantitative estimate of drug-likeness (QED) is 0.744. The molecule has 1 N–H and O–H groups in total. The molecule has 0 spiro atoms. The van der Waals surface area contributed by atoms with Crippen LogP contribution >= 0.6 is 0 Å². The maximum Gasteiger partial charge on any atom is 0.0634 e. The Labute approximate surface area is 98.2 Å². The fourth-order valence-electron chi connectivity index (χ4n) is 2.67. The van der Waals surface area contributed by atoms with Crippen molar-refractivity contribution in [3.8, 4) is 0 Å². The van der Waals surface area contributed by atoms with E-state index in [1.165, 1.54) is 0 Å². The highest BCUT2D eigenvalue weighted by molar-refractivity contribution is 4.88. The Morgan fingerprint density at radius 2 is 2.19 bits per heavy atom. The number of aliphatic hydroxyl groups excluding tert-OH is 1. The second-order valence-electron chi connectivity index (χ2n) is 5.08. The molecule has 0 aromatic heterocycles. The van der Waals surface area contributed by atoms with Crippen LogP contribution < -0.4 is 0 Å². The van der Waals surface area contributed by atoms with E-state index in [1.807, 2.05) is 0 Å². The molecule has 2 fully saturated rings. The Hall–Kier alpha value is -0.160. The van der Waals surface area contributed by atoms with E-state index in [2.05, 4.69) is 23.8 Å². The van der Waals surface area contributed by atoms with Gasteiger partial charge in [-0.05, 0) is 26.4 Å². The second-order valence-corrected chi connectivity index (χ2v) is 5.08. The molecule has 1 saturated carbocycles. The number of hydrogen-bond acceptors (Lipinski definition) is 4. The summed E-state index contributed by atoms with van der Waals surface area (Å²) in [6, 6.07) is 1.11. The molecular weight excluding hydrogens is 204 g/mol. The summed E-state index contributed by atoms with van der Waals surface area (Å²) in [7, 11) is 2.17.